The number of hydrogen-bond donors (Lipinski definition) is 2. The number of anilines is 1. The molecule has 0 radical (unpaired) electrons. The number of aromatic nitrogens is 1. The van der Waals surface area contributed by atoms with Gasteiger partial charge in [0.15, 0.2) is 0 Å². The van der Waals surface area contributed by atoms with E-state index in [-0.39, 0.29) is 28.7 Å². The Hall–Kier alpha value is -2.69. The van der Waals surface area contributed by atoms with E-state index in [1.54, 1.807) is 42.6 Å². The number of carbonyl (C=O) groups is 2. The third kappa shape index (κ3) is 2.99. The first-order chi connectivity index (χ1) is 13.3. The predicted molar refractivity (Wildman–Crippen MR) is 109 cm³/mol. The number of nitrogens with zero attached hydrogens (tertiary/aromatic N) is 1. The summed E-state index contributed by atoms with van der Waals surface area (Å²) >= 11 is 0. The van der Waals surface area contributed by atoms with Gasteiger partial charge in [0.25, 0.3) is 11.8 Å². The van der Waals surface area contributed by atoms with Crippen LogP contribution >= 0.6 is 0 Å². The Bertz CT molecular complexity index is 909. The molecule has 0 aliphatic heterocycles. The highest BCUT2D eigenvalue weighted by atomic mass is 16.2. The fourth-order valence-corrected chi connectivity index (χ4v) is 5.10. The monoisotopic (exact) mass is 377 g/mol. The Morgan fingerprint density at radius 1 is 1.07 bits per heavy atom. The fourth-order valence-electron chi connectivity index (χ4n) is 5.10. The molecule has 4 rings (SSSR count). The van der Waals surface area contributed by atoms with Crippen molar-refractivity contribution >= 4 is 17.5 Å². The summed E-state index contributed by atoms with van der Waals surface area (Å²) < 4.78 is 0. The lowest BCUT2D eigenvalue weighted by molar-refractivity contribution is 0.0825. The van der Waals surface area contributed by atoms with E-state index in [9.17, 15) is 9.59 Å². The molecular weight excluding hydrogens is 350 g/mol. The predicted octanol–water partition coefficient (Wildman–Crippen LogP) is 4.28. The van der Waals surface area contributed by atoms with Crippen LogP contribution in [-0.4, -0.2) is 22.8 Å². The van der Waals surface area contributed by atoms with E-state index in [4.69, 9.17) is 0 Å². The highest BCUT2D eigenvalue weighted by Gasteiger charge is 2.61. The summed E-state index contributed by atoms with van der Waals surface area (Å²) in [6.45, 7) is 6.99. The molecule has 28 heavy (non-hydrogen) atoms. The summed E-state index contributed by atoms with van der Waals surface area (Å²) in [5, 5.41) is 6.11. The van der Waals surface area contributed by atoms with Crippen LogP contribution in [0.4, 0.5) is 5.69 Å². The molecule has 3 atom stereocenters. The van der Waals surface area contributed by atoms with Gasteiger partial charge >= 0.3 is 0 Å². The number of benzene rings is 1. The maximum Gasteiger partial charge on any atom is 0.257 e. The Kier molecular flexibility index (Phi) is 4.48. The zero-order valence-electron chi connectivity index (χ0n) is 16.7. The lowest BCUT2D eigenvalue weighted by Gasteiger charge is -2.39. The minimum absolute atomic E-state index is 0.0768. The lowest BCUT2D eigenvalue weighted by Crippen LogP contribution is -2.46. The molecule has 0 saturated heterocycles. The summed E-state index contributed by atoms with van der Waals surface area (Å²) in [4.78, 5) is 29.2. The van der Waals surface area contributed by atoms with Crippen molar-refractivity contribution in [1.29, 1.82) is 0 Å². The molecule has 1 heterocycles. The van der Waals surface area contributed by atoms with E-state index < -0.39 is 0 Å². The zero-order valence-corrected chi connectivity index (χ0v) is 16.7. The van der Waals surface area contributed by atoms with Gasteiger partial charge < -0.3 is 10.6 Å². The summed E-state index contributed by atoms with van der Waals surface area (Å²) in [6, 6.07) is 10.7. The molecule has 2 aliphatic carbocycles. The largest absolute Gasteiger partial charge is 0.349 e. The van der Waals surface area contributed by atoms with Crippen molar-refractivity contribution in [2.24, 2.45) is 16.7 Å². The molecule has 5 nitrogen and oxygen atoms in total. The van der Waals surface area contributed by atoms with E-state index in [0.29, 0.717) is 22.7 Å². The molecule has 146 valence electrons. The quantitative estimate of drug-likeness (QED) is 0.835. The van der Waals surface area contributed by atoms with E-state index in [1.165, 1.54) is 12.6 Å². The first-order valence-electron chi connectivity index (χ1n) is 9.93. The Labute approximate surface area is 165 Å². The van der Waals surface area contributed by atoms with Crippen molar-refractivity contribution in [2.45, 2.75) is 46.1 Å². The third-order valence-electron chi connectivity index (χ3n) is 7.41. The zero-order chi connectivity index (χ0) is 19.9. The average molecular weight is 377 g/mol. The SMILES string of the molecule is CC1(C)C2CCC1(C)C(NC(=O)c1cccc(NC(=O)c3cccnc3)c1)C2. The van der Waals surface area contributed by atoms with Crippen molar-refractivity contribution in [3.8, 4) is 0 Å². The van der Waals surface area contributed by atoms with E-state index in [0.717, 1.165) is 12.8 Å². The van der Waals surface area contributed by atoms with Gasteiger partial charge in [-0.1, -0.05) is 26.8 Å². The fraction of sp³-hybridized carbons (Fsp3) is 0.435. The van der Waals surface area contributed by atoms with E-state index in [1.807, 2.05) is 0 Å². The number of pyridine rings is 1. The molecular formula is C23H27N3O2. The van der Waals surface area contributed by atoms with Gasteiger partial charge in [-0.3, -0.25) is 14.6 Å². The Morgan fingerprint density at radius 2 is 1.86 bits per heavy atom. The van der Waals surface area contributed by atoms with Gasteiger partial charge in [-0.25, -0.2) is 0 Å². The average Bonchev–Trinajstić information content (AvgIpc) is 3.02. The minimum atomic E-state index is -0.243. The summed E-state index contributed by atoms with van der Waals surface area (Å²) in [5.74, 6) is 0.355. The minimum Gasteiger partial charge on any atom is -0.349 e. The van der Waals surface area contributed by atoms with Crippen LogP contribution in [0.15, 0.2) is 48.8 Å². The summed E-state index contributed by atoms with van der Waals surface area (Å²) in [6.07, 6.45) is 6.61. The first-order valence-corrected chi connectivity index (χ1v) is 9.93. The van der Waals surface area contributed by atoms with Crippen LogP contribution in [0.5, 0.6) is 0 Å². The molecule has 2 fully saturated rings. The van der Waals surface area contributed by atoms with E-state index in [2.05, 4.69) is 36.4 Å². The van der Waals surface area contributed by atoms with Crippen molar-refractivity contribution < 1.29 is 9.59 Å². The maximum atomic E-state index is 12.9. The molecule has 2 aromatic rings. The molecule has 2 N–H and O–H groups in total. The molecule has 1 aromatic carbocycles. The molecule has 5 heteroatoms. The van der Waals surface area contributed by atoms with Crippen molar-refractivity contribution in [1.82, 2.24) is 10.3 Å². The smallest absolute Gasteiger partial charge is 0.257 e. The van der Waals surface area contributed by atoms with Crippen molar-refractivity contribution in [3.63, 3.8) is 0 Å². The molecule has 1 aromatic heterocycles. The van der Waals surface area contributed by atoms with Crippen LogP contribution in [0.25, 0.3) is 0 Å². The summed E-state index contributed by atoms with van der Waals surface area (Å²) in [7, 11) is 0. The second-order valence-corrected chi connectivity index (χ2v) is 8.91. The van der Waals surface area contributed by atoms with Crippen molar-refractivity contribution in [2.75, 3.05) is 5.32 Å². The van der Waals surface area contributed by atoms with Gasteiger partial charge in [-0.05, 0) is 66.3 Å². The third-order valence-corrected chi connectivity index (χ3v) is 7.41. The number of rotatable bonds is 4. The van der Waals surface area contributed by atoms with E-state index >= 15 is 0 Å². The van der Waals surface area contributed by atoms with Gasteiger partial charge in [0, 0.05) is 29.7 Å². The number of hydrogen-bond acceptors (Lipinski definition) is 3. The van der Waals surface area contributed by atoms with Crippen LogP contribution < -0.4 is 10.6 Å². The van der Waals surface area contributed by atoms with Crippen LogP contribution in [-0.2, 0) is 0 Å². The van der Waals surface area contributed by atoms with Crippen LogP contribution in [0.2, 0.25) is 0 Å². The van der Waals surface area contributed by atoms with Gasteiger partial charge in [0.1, 0.15) is 0 Å². The molecule has 0 spiro atoms. The van der Waals surface area contributed by atoms with Crippen LogP contribution in [0.1, 0.15) is 60.7 Å². The second kappa shape index (κ2) is 6.73. The molecule has 3 unspecified atom stereocenters. The first kappa shape index (κ1) is 18.7. The van der Waals surface area contributed by atoms with Crippen LogP contribution in [0, 0.1) is 16.7 Å². The molecule has 2 bridgehead atoms. The number of amides is 2. The van der Waals surface area contributed by atoms with Crippen molar-refractivity contribution in [3.05, 3.63) is 59.9 Å². The summed E-state index contributed by atoms with van der Waals surface area (Å²) in [5.41, 5.74) is 2.04. The number of carbonyl (C=O) groups excluding carboxylic acids is 2. The lowest BCUT2D eigenvalue weighted by atomic mass is 9.69. The van der Waals surface area contributed by atoms with Gasteiger partial charge in [-0.2, -0.15) is 0 Å². The second-order valence-electron chi connectivity index (χ2n) is 8.91. The molecule has 2 aliphatic rings. The standard InChI is InChI=1S/C23H27N3O2/c1-22(2)17-9-10-23(22,3)19(13-17)26-20(27)15-6-4-8-18(12-15)25-21(28)16-7-5-11-24-14-16/h4-8,11-12,14,17,19H,9-10,13H2,1-3H3,(H,25,28)(H,26,27). The van der Waals surface area contributed by atoms with Crippen LogP contribution in [0.3, 0.4) is 0 Å². The highest BCUT2D eigenvalue weighted by molar-refractivity contribution is 6.05. The van der Waals surface area contributed by atoms with Gasteiger partial charge in [-0.15, -0.1) is 0 Å². The Morgan fingerprint density at radius 3 is 2.50 bits per heavy atom. The normalized spacial score (nSPS) is 27.4. The molecule has 2 saturated carbocycles. The number of fused-ring (bicyclic) bond motifs is 2. The Balaban J connectivity index is 1.46. The van der Waals surface area contributed by atoms with Gasteiger partial charge in [0.05, 0.1) is 5.56 Å². The highest BCUT2D eigenvalue weighted by Crippen LogP contribution is 2.65. The maximum absolute atomic E-state index is 12.9. The topological polar surface area (TPSA) is 71.1 Å². The number of nitrogens with one attached hydrogen (secondary N) is 2. The van der Waals surface area contributed by atoms with Gasteiger partial charge in [0.2, 0.25) is 0 Å². The molecule has 2 amide bonds.